The number of alkyl halides is 3. The Balaban J connectivity index is 2.01. The van der Waals surface area contributed by atoms with Crippen molar-refractivity contribution in [3.63, 3.8) is 0 Å². The molecule has 0 radical (unpaired) electrons. The van der Waals surface area contributed by atoms with E-state index < -0.39 is 11.7 Å². The van der Waals surface area contributed by atoms with Gasteiger partial charge < -0.3 is 4.74 Å². The van der Waals surface area contributed by atoms with Crippen LogP contribution in [-0.4, -0.2) is 30.6 Å². The number of hydrogen-bond acceptors (Lipinski definition) is 2. The average molecular weight is 352 g/mol. The lowest BCUT2D eigenvalue weighted by atomic mass is 10.2. The van der Waals surface area contributed by atoms with Gasteiger partial charge in [0.15, 0.2) is 0 Å². The van der Waals surface area contributed by atoms with Crippen molar-refractivity contribution in [3.8, 4) is 5.75 Å². The molecule has 1 unspecified atom stereocenters. The zero-order valence-electron chi connectivity index (χ0n) is 11.2. The van der Waals surface area contributed by atoms with Crippen LogP contribution in [0.25, 0.3) is 0 Å². The molecule has 20 heavy (non-hydrogen) atoms. The number of hydrogen-bond donors (Lipinski definition) is 0. The van der Waals surface area contributed by atoms with Crippen LogP contribution in [-0.2, 0) is 6.18 Å². The molecule has 1 aliphatic rings. The Morgan fingerprint density at radius 2 is 1.95 bits per heavy atom. The summed E-state index contributed by atoms with van der Waals surface area (Å²) in [5, 5.41) is 0. The monoisotopic (exact) mass is 351 g/mol. The molecule has 6 heteroatoms. The fourth-order valence-electron chi connectivity index (χ4n) is 2.29. The van der Waals surface area contributed by atoms with Gasteiger partial charge in [0.2, 0.25) is 0 Å². The standard InChI is InChI=1S/C14H17BrF3NO/c1-10(19-6-2-3-7-19)9-20-13-8-11(14(16,17)18)4-5-12(13)15/h4-5,8,10H,2-3,6-7,9H2,1H3. The minimum absolute atomic E-state index is 0.207. The smallest absolute Gasteiger partial charge is 0.416 e. The number of halogens is 4. The van der Waals surface area contributed by atoms with Gasteiger partial charge in [-0.25, -0.2) is 0 Å². The van der Waals surface area contributed by atoms with E-state index in [9.17, 15) is 13.2 Å². The summed E-state index contributed by atoms with van der Waals surface area (Å²) in [7, 11) is 0. The summed E-state index contributed by atoms with van der Waals surface area (Å²) in [5.74, 6) is 0.242. The Bertz CT molecular complexity index is 458. The Hall–Kier alpha value is -0.750. The van der Waals surface area contributed by atoms with Gasteiger partial charge in [0, 0.05) is 6.04 Å². The maximum Gasteiger partial charge on any atom is 0.416 e. The maximum atomic E-state index is 12.7. The van der Waals surface area contributed by atoms with Crippen LogP contribution in [0.2, 0.25) is 0 Å². The Labute approximate surface area is 125 Å². The van der Waals surface area contributed by atoms with Crippen LogP contribution in [0.15, 0.2) is 22.7 Å². The maximum absolute atomic E-state index is 12.7. The fourth-order valence-corrected chi connectivity index (χ4v) is 2.65. The molecule has 0 bridgehead atoms. The third kappa shape index (κ3) is 3.88. The van der Waals surface area contributed by atoms with Gasteiger partial charge in [0.25, 0.3) is 0 Å². The lowest BCUT2D eigenvalue weighted by molar-refractivity contribution is -0.137. The van der Waals surface area contributed by atoms with Gasteiger partial charge in [-0.1, -0.05) is 0 Å². The topological polar surface area (TPSA) is 12.5 Å². The molecular weight excluding hydrogens is 335 g/mol. The van der Waals surface area contributed by atoms with E-state index in [1.54, 1.807) is 0 Å². The Morgan fingerprint density at radius 1 is 1.30 bits per heavy atom. The van der Waals surface area contributed by atoms with E-state index in [0.29, 0.717) is 11.1 Å². The second-order valence-electron chi connectivity index (χ2n) is 5.05. The first-order chi connectivity index (χ1) is 9.38. The summed E-state index contributed by atoms with van der Waals surface area (Å²) < 4.78 is 44.1. The summed E-state index contributed by atoms with van der Waals surface area (Å²) in [6, 6.07) is 3.67. The predicted octanol–water partition coefficient (Wildman–Crippen LogP) is 4.33. The summed E-state index contributed by atoms with van der Waals surface area (Å²) in [5.41, 5.74) is -0.690. The van der Waals surface area contributed by atoms with Crippen LogP contribution >= 0.6 is 15.9 Å². The van der Waals surface area contributed by atoms with Crippen molar-refractivity contribution < 1.29 is 17.9 Å². The molecule has 1 fully saturated rings. The molecule has 0 amide bonds. The molecule has 1 aliphatic heterocycles. The SMILES string of the molecule is CC(COc1cc(C(F)(F)F)ccc1Br)N1CCCC1. The van der Waals surface area contributed by atoms with E-state index in [1.165, 1.54) is 18.9 Å². The van der Waals surface area contributed by atoms with Crippen molar-refractivity contribution in [2.24, 2.45) is 0 Å². The molecule has 112 valence electrons. The minimum Gasteiger partial charge on any atom is -0.491 e. The third-order valence-corrected chi connectivity index (χ3v) is 4.16. The molecular formula is C14H17BrF3NO. The van der Waals surface area contributed by atoms with Crippen LogP contribution in [0, 0.1) is 0 Å². The molecule has 0 spiro atoms. The summed E-state index contributed by atoms with van der Waals surface area (Å²) in [6.07, 6.45) is -1.99. The number of ether oxygens (including phenoxy) is 1. The molecule has 1 heterocycles. The average Bonchev–Trinajstić information content (AvgIpc) is 2.90. The number of benzene rings is 1. The first-order valence-corrected chi connectivity index (χ1v) is 7.41. The van der Waals surface area contributed by atoms with Crippen molar-refractivity contribution >= 4 is 15.9 Å². The largest absolute Gasteiger partial charge is 0.491 e. The van der Waals surface area contributed by atoms with Crippen molar-refractivity contribution in [3.05, 3.63) is 28.2 Å². The first kappa shape index (κ1) is 15.6. The second kappa shape index (κ2) is 6.35. The molecule has 2 nitrogen and oxygen atoms in total. The lowest BCUT2D eigenvalue weighted by Gasteiger charge is -2.24. The highest BCUT2D eigenvalue weighted by atomic mass is 79.9. The van der Waals surface area contributed by atoms with Crippen LogP contribution in [0.5, 0.6) is 5.75 Å². The van der Waals surface area contributed by atoms with Crippen molar-refractivity contribution in [2.45, 2.75) is 32.0 Å². The van der Waals surface area contributed by atoms with Crippen LogP contribution in [0.1, 0.15) is 25.3 Å². The van der Waals surface area contributed by atoms with Gasteiger partial charge >= 0.3 is 6.18 Å². The molecule has 0 saturated carbocycles. The highest BCUT2D eigenvalue weighted by Crippen LogP contribution is 2.35. The molecule has 0 N–H and O–H groups in total. The Morgan fingerprint density at radius 3 is 2.55 bits per heavy atom. The molecule has 2 rings (SSSR count). The lowest BCUT2D eigenvalue weighted by Crippen LogP contribution is -2.34. The van der Waals surface area contributed by atoms with Crippen LogP contribution in [0.4, 0.5) is 13.2 Å². The quantitative estimate of drug-likeness (QED) is 0.800. The number of rotatable bonds is 4. The van der Waals surface area contributed by atoms with E-state index in [1.807, 2.05) is 6.92 Å². The predicted molar refractivity (Wildman–Crippen MR) is 74.9 cm³/mol. The van der Waals surface area contributed by atoms with Crippen molar-refractivity contribution in [1.82, 2.24) is 4.90 Å². The fraction of sp³-hybridized carbons (Fsp3) is 0.571. The van der Waals surface area contributed by atoms with Crippen molar-refractivity contribution in [2.75, 3.05) is 19.7 Å². The van der Waals surface area contributed by atoms with Gasteiger partial charge in [-0.05, 0) is 67.0 Å². The first-order valence-electron chi connectivity index (χ1n) is 6.61. The van der Waals surface area contributed by atoms with E-state index in [-0.39, 0.29) is 11.8 Å². The number of nitrogens with zero attached hydrogens (tertiary/aromatic N) is 1. The zero-order chi connectivity index (χ0) is 14.8. The van der Waals surface area contributed by atoms with Crippen LogP contribution < -0.4 is 4.74 Å². The second-order valence-corrected chi connectivity index (χ2v) is 5.90. The van der Waals surface area contributed by atoms with Gasteiger partial charge in [-0.3, -0.25) is 4.90 Å². The normalized spacial score (nSPS) is 18.2. The van der Waals surface area contributed by atoms with Gasteiger partial charge in [0.1, 0.15) is 12.4 Å². The van der Waals surface area contributed by atoms with Crippen LogP contribution in [0.3, 0.4) is 0 Å². The third-order valence-electron chi connectivity index (χ3n) is 3.50. The van der Waals surface area contributed by atoms with Gasteiger partial charge in [0.05, 0.1) is 10.0 Å². The highest BCUT2D eigenvalue weighted by Gasteiger charge is 2.31. The summed E-state index contributed by atoms with van der Waals surface area (Å²) in [4.78, 5) is 2.29. The summed E-state index contributed by atoms with van der Waals surface area (Å²) >= 11 is 3.22. The molecule has 1 aromatic rings. The molecule has 1 saturated heterocycles. The van der Waals surface area contributed by atoms with E-state index in [4.69, 9.17) is 4.74 Å². The Kier molecular flexibility index (Phi) is 4.96. The summed E-state index contributed by atoms with van der Waals surface area (Å²) in [6.45, 7) is 4.50. The van der Waals surface area contributed by atoms with E-state index in [0.717, 1.165) is 25.2 Å². The van der Waals surface area contributed by atoms with Gasteiger partial charge in [-0.2, -0.15) is 13.2 Å². The van der Waals surface area contributed by atoms with Crippen molar-refractivity contribution in [1.29, 1.82) is 0 Å². The molecule has 0 aliphatic carbocycles. The molecule has 1 aromatic carbocycles. The number of likely N-dealkylation sites (tertiary alicyclic amines) is 1. The highest BCUT2D eigenvalue weighted by molar-refractivity contribution is 9.10. The minimum atomic E-state index is -4.35. The zero-order valence-corrected chi connectivity index (χ0v) is 12.8. The van der Waals surface area contributed by atoms with E-state index in [2.05, 4.69) is 20.8 Å². The van der Waals surface area contributed by atoms with Gasteiger partial charge in [-0.15, -0.1) is 0 Å². The molecule has 1 atom stereocenters. The molecule has 0 aromatic heterocycles. The van der Waals surface area contributed by atoms with E-state index >= 15 is 0 Å².